The molecule has 1 atom stereocenters. The molecule has 0 aromatic rings. The molecule has 0 fully saturated rings. The molecule has 2 N–H and O–H groups in total. The van der Waals surface area contributed by atoms with Crippen molar-refractivity contribution >= 4 is 0 Å². The molecule has 0 aliphatic carbocycles. The average molecular weight is 245 g/mol. The van der Waals surface area contributed by atoms with Crippen LogP contribution in [0.5, 0.6) is 0 Å². The molecule has 0 bridgehead atoms. The van der Waals surface area contributed by atoms with Gasteiger partial charge < -0.3 is 20.3 Å². The maximum Gasteiger partial charge on any atom is 0.0709 e. The van der Waals surface area contributed by atoms with E-state index in [-0.39, 0.29) is 6.10 Å². The van der Waals surface area contributed by atoms with Gasteiger partial charge in [-0.3, -0.25) is 0 Å². The number of rotatable bonds is 11. The monoisotopic (exact) mass is 245 g/mol. The van der Waals surface area contributed by atoms with Crippen LogP contribution in [0.3, 0.4) is 0 Å². The van der Waals surface area contributed by atoms with Crippen LogP contribution in [0.15, 0.2) is 0 Å². The number of ether oxygens (including phenoxy) is 1. The molecule has 0 saturated carbocycles. The fourth-order valence-electron chi connectivity index (χ4n) is 1.87. The SMILES string of the molecule is CCOC(CN)CCN(CC)CCCN(C)C. The Labute approximate surface area is 107 Å². The molecule has 0 saturated heterocycles. The Hall–Kier alpha value is -0.160. The van der Waals surface area contributed by atoms with Crippen molar-refractivity contribution in [2.45, 2.75) is 32.8 Å². The summed E-state index contributed by atoms with van der Waals surface area (Å²) in [7, 11) is 4.24. The van der Waals surface area contributed by atoms with Gasteiger partial charge in [0, 0.05) is 19.7 Å². The van der Waals surface area contributed by atoms with Gasteiger partial charge in [0.1, 0.15) is 0 Å². The van der Waals surface area contributed by atoms with E-state index in [1.807, 2.05) is 6.92 Å². The van der Waals surface area contributed by atoms with Crippen LogP contribution in [0.4, 0.5) is 0 Å². The second kappa shape index (κ2) is 11.0. The van der Waals surface area contributed by atoms with E-state index in [1.54, 1.807) is 0 Å². The Bertz CT molecular complexity index is 165. The Morgan fingerprint density at radius 2 is 1.82 bits per heavy atom. The fourth-order valence-corrected chi connectivity index (χ4v) is 1.87. The van der Waals surface area contributed by atoms with Crippen LogP contribution in [0.1, 0.15) is 26.7 Å². The zero-order valence-electron chi connectivity index (χ0n) is 12.1. The summed E-state index contributed by atoms with van der Waals surface area (Å²) < 4.78 is 5.57. The standard InChI is InChI=1S/C13H31N3O/c1-5-16(10-7-9-15(3)4)11-8-13(12-14)17-6-2/h13H,5-12,14H2,1-4H3. The summed E-state index contributed by atoms with van der Waals surface area (Å²) in [6, 6.07) is 0. The normalized spacial score (nSPS) is 13.6. The molecule has 0 aromatic heterocycles. The highest BCUT2D eigenvalue weighted by atomic mass is 16.5. The summed E-state index contributed by atoms with van der Waals surface area (Å²) >= 11 is 0. The van der Waals surface area contributed by atoms with Crippen molar-refractivity contribution in [3.63, 3.8) is 0 Å². The van der Waals surface area contributed by atoms with E-state index in [0.717, 1.165) is 39.2 Å². The van der Waals surface area contributed by atoms with Gasteiger partial charge in [0.05, 0.1) is 6.10 Å². The predicted octanol–water partition coefficient (Wildman–Crippen LogP) is 1.01. The minimum atomic E-state index is 0.225. The third-order valence-corrected chi connectivity index (χ3v) is 2.96. The molecule has 4 heteroatoms. The molecular weight excluding hydrogens is 214 g/mol. The Balaban J connectivity index is 3.72. The minimum absolute atomic E-state index is 0.225. The lowest BCUT2D eigenvalue weighted by Crippen LogP contribution is -2.33. The molecule has 0 radical (unpaired) electrons. The highest BCUT2D eigenvalue weighted by molar-refractivity contribution is 4.64. The van der Waals surface area contributed by atoms with E-state index in [4.69, 9.17) is 10.5 Å². The van der Waals surface area contributed by atoms with Crippen LogP contribution in [-0.4, -0.2) is 69.3 Å². The molecule has 0 heterocycles. The zero-order valence-corrected chi connectivity index (χ0v) is 12.1. The van der Waals surface area contributed by atoms with Crippen LogP contribution in [0.2, 0.25) is 0 Å². The first-order chi connectivity index (χ1) is 8.13. The largest absolute Gasteiger partial charge is 0.377 e. The summed E-state index contributed by atoms with van der Waals surface area (Å²) in [6.07, 6.45) is 2.49. The van der Waals surface area contributed by atoms with E-state index < -0.39 is 0 Å². The van der Waals surface area contributed by atoms with Crippen molar-refractivity contribution in [3.8, 4) is 0 Å². The van der Waals surface area contributed by atoms with E-state index in [1.165, 1.54) is 6.42 Å². The Morgan fingerprint density at radius 1 is 1.12 bits per heavy atom. The molecule has 0 aromatic carbocycles. The lowest BCUT2D eigenvalue weighted by molar-refractivity contribution is 0.0545. The average Bonchev–Trinajstić information content (AvgIpc) is 2.31. The van der Waals surface area contributed by atoms with E-state index in [0.29, 0.717) is 6.54 Å². The smallest absolute Gasteiger partial charge is 0.0709 e. The van der Waals surface area contributed by atoms with Gasteiger partial charge in [-0.1, -0.05) is 6.92 Å². The topological polar surface area (TPSA) is 41.7 Å². The minimum Gasteiger partial charge on any atom is -0.377 e. The van der Waals surface area contributed by atoms with Crippen LogP contribution in [0, 0.1) is 0 Å². The number of hydrogen-bond donors (Lipinski definition) is 1. The summed E-state index contributed by atoms with van der Waals surface area (Å²) in [5.74, 6) is 0. The third kappa shape index (κ3) is 9.53. The van der Waals surface area contributed by atoms with Gasteiger partial charge in [-0.2, -0.15) is 0 Å². The van der Waals surface area contributed by atoms with E-state index >= 15 is 0 Å². The summed E-state index contributed by atoms with van der Waals surface area (Å²) in [6.45, 7) is 10.1. The van der Waals surface area contributed by atoms with Gasteiger partial charge in [-0.25, -0.2) is 0 Å². The highest BCUT2D eigenvalue weighted by Crippen LogP contribution is 2.01. The molecule has 0 aliphatic rings. The summed E-state index contributed by atoms with van der Waals surface area (Å²) in [5.41, 5.74) is 5.68. The molecule has 1 unspecified atom stereocenters. The zero-order chi connectivity index (χ0) is 13.1. The van der Waals surface area contributed by atoms with Crippen molar-refractivity contribution in [2.24, 2.45) is 5.73 Å². The second-order valence-electron chi connectivity index (χ2n) is 4.69. The molecule has 104 valence electrons. The van der Waals surface area contributed by atoms with Gasteiger partial charge >= 0.3 is 0 Å². The van der Waals surface area contributed by atoms with Crippen molar-refractivity contribution < 1.29 is 4.74 Å². The van der Waals surface area contributed by atoms with Gasteiger partial charge in [0.25, 0.3) is 0 Å². The first-order valence-corrected chi connectivity index (χ1v) is 6.82. The highest BCUT2D eigenvalue weighted by Gasteiger charge is 2.09. The van der Waals surface area contributed by atoms with E-state index in [9.17, 15) is 0 Å². The van der Waals surface area contributed by atoms with Gasteiger partial charge in [-0.05, 0) is 53.5 Å². The fraction of sp³-hybridized carbons (Fsp3) is 1.00. The quantitative estimate of drug-likeness (QED) is 0.590. The van der Waals surface area contributed by atoms with Crippen molar-refractivity contribution in [2.75, 3.05) is 53.4 Å². The lowest BCUT2D eigenvalue weighted by atomic mass is 10.2. The molecule has 17 heavy (non-hydrogen) atoms. The lowest BCUT2D eigenvalue weighted by Gasteiger charge is -2.24. The molecule has 0 aliphatic heterocycles. The predicted molar refractivity (Wildman–Crippen MR) is 74.4 cm³/mol. The molecule has 4 nitrogen and oxygen atoms in total. The molecule has 0 spiro atoms. The molecule has 0 amide bonds. The third-order valence-electron chi connectivity index (χ3n) is 2.96. The van der Waals surface area contributed by atoms with Crippen LogP contribution >= 0.6 is 0 Å². The Kier molecular flexibility index (Phi) is 10.9. The van der Waals surface area contributed by atoms with Crippen molar-refractivity contribution in [1.29, 1.82) is 0 Å². The Morgan fingerprint density at radius 3 is 2.29 bits per heavy atom. The number of nitrogens with zero attached hydrogens (tertiary/aromatic N) is 2. The summed E-state index contributed by atoms with van der Waals surface area (Å²) in [4.78, 5) is 4.71. The van der Waals surface area contributed by atoms with Gasteiger partial charge in [0.2, 0.25) is 0 Å². The van der Waals surface area contributed by atoms with Crippen molar-refractivity contribution in [3.05, 3.63) is 0 Å². The van der Waals surface area contributed by atoms with Gasteiger partial charge in [0.15, 0.2) is 0 Å². The van der Waals surface area contributed by atoms with E-state index in [2.05, 4.69) is 30.8 Å². The molecular formula is C13H31N3O. The summed E-state index contributed by atoms with van der Waals surface area (Å²) in [5, 5.41) is 0. The molecule has 0 rings (SSSR count). The number of hydrogen-bond acceptors (Lipinski definition) is 4. The maximum absolute atomic E-state index is 5.68. The van der Waals surface area contributed by atoms with Crippen LogP contribution in [0.25, 0.3) is 0 Å². The number of nitrogens with two attached hydrogens (primary N) is 1. The second-order valence-corrected chi connectivity index (χ2v) is 4.69. The maximum atomic E-state index is 5.68. The first-order valence-electron chi connectivity index (χ1n) is 6.82. The van der Waals surface area contributed by atoms with Crippen LogP contribution in [-0.2, 0) is 4.74 Å². The van der Waals surface area contributed by atoms with Crippen molar-refractivity contribution in [1.82, 2.24) is 9.80 Å². The van der Waals surface area contributed by atoms with Gasteiger partial charge in [-0.15, -0.1) is 0 Å². The van der Waals surface area contributed by atoms with Crippen LogP contribution < -0.4 is 5.73 Å². The first kappa shape index (κ1) is 16.8.